The summed E-state index contributed by atoms with van der Waals surface area (Å²) in [6.45, 7) is 2.20. The number of hydrogen-bond donors (Lipinski definition) is 2. The highest BCUT2D eigenvalue weighted by atomic mass is 16.3. The fourth-order valence-corrected chi connectivity index (χ4v) is 2.96. The fourth-order valence-electron chi connectivity index (χ4n) is 2.96. The molecule has 2 aromatic heterocycles. The van der Waals surface area contributed by atoms with E-state index < -0.39 is 0 Å². The molecule has 0 bridgehead atoms. The number of carbonyl (C=O) groups is 1. The monoisotopic (exact) mass is 339 g/mol. The number of nitrogens with one attached hydrogen (secondary N) is 1. The summed E-state index contributed by atoms with van der Waals surface area (Å²) in [6.07, 6.45) is 2.84. The first-order chi connectivity index (χ1) is 11.9. The minimum Gasteiger partial charge on any atom is -0.508 e. The number of aromatic hydroxyl groups is 1. The van der Waals surface area contributed by atoms with E-state index in [-0.39, 0.29) is 17.2 Å². The number of nitrogens with zero attached hydrogens (tertiary/aromatic N) is 2. The second-order valence-electron chi connectivity index (χ2n) is 6.20. The van der Waals surface area contributed by atoms with Crippen molar-refractivity contribution in [1.29, 1.82) is 0 Å². The van der Waals surface area contributed by atoms with Crippen molar-refractivity contribution in [3.63, 3.8) is 0 Å². The van der Waals surface area contributed by atoms with Crippen molar-refractivity contribution >= 4 is 22.5 Å². The number of fused-ring (bicyclic) bond motifs is 1. The van der Waals surface area contributed by atoms with Crippen LogP contribution in [0.3, 0.4) is 0 Å². The largest absolute Gasteiger partial charge is 0.508 e. The van der Waals surface area contributed by atoms with Crippen LogP contribution in [0.25, 0.3) is 10.9 Å². The van der Waals surface area contributed by atoms with Gasteiger partial charge in [-0.15, -0.1) is 0 Å². The van der Waals surface area contributed by atoms with E-state index in [9.17, 15) is 14.7 Å². The molecule has 0 radical (unpaired) electrons. The predicted octanol–water partition coefficient (Wildman–Crippen LogP) is 2.77. The lowest BCUT2D eigenvalue weighted by Gasteiger charge is -2.10. The van der Waals surface area contributed by atoms with Crippen molar-refractivity contribution in [2.45, 2.75) is 26.3 Å². The molecule has 0 unspecified atom stereocenters. The number of aromatic nitrogens is 2. The van der Waals surface area contributed by atoms with Gasteiger partial charge in [-0.3, -0.25) is 9.59 Å². The Morgan fingerprint density at radius 3 is 2.76 bits per heavy atom. The van der Waals surface area contributed by atoms with E-state index in [0.717, 1.165) is 16.6 Å². The second-order valence-corrected chi connectivity index (χ2v) is 6.20. The van der Waals surface area contributed by atoms with Crippen LogP contribution in [0.4, 0.5) is 5.69 Å². The van der Waals surface area contributed by atoms with Gasteiger partial charge in [0.1, 0.15) is 5.75 Å². The van der Waals surface area contributed by atoms with Crippen molar-refractivity contribution in [2.75, 3.05) is 5.32 Å². The zero-order chi connectivity index (χ0) is 18.0. The molecule has 3 aromatic rings. The molecule has 3 rings (SSSR count). The van der Waals surface area contributed by atoms with Gasteiger partial charge in [-0.25, -0.2) is 0 Å². The van der Waals surface area contributed by atoms with Crippen LogP contribution in [0.15, 0.2) is 47.4 Å². The summed E-state index contributed by atoms with van der Waals surface area (Å²) in [6, 6.07) is 10.6. The van der Waals surface area contributed by atoms with E-state index in [1.54, 1.807) is 11.5 Å². The van der Waals surface area contributed by atoms with Crippen LogP contribution >= 0.6 is 0 Å². The Bertz CT molecular complexity index is 985. The van der Waals surface area contributed by atoms with Crippen LogP contribution in [0.5, 0.6) is 5.75 Å². The van der Waals surface area contributed by atoms with Crippen molar-refractivity contribution in [2.24, 2.45) is 7.05 Å². The predicted molar refractivity (Wildman–Crippen MR) is 97.9 cm³/mol. The molecule has 1 aromatic carbocycles. The van der Waals surface area contributed by atoms with Gasteiger partial charge in [0, 0.05) is 49.2 Å². The zero-order valence-corrected chi connectivity index (χ0v) is 14.3. The standard InChI is InChI=1S/C19H21N3O3/c1-13-10-16(23)12-19(25)22(13)8-3-4-18(24)20-15-6-5-14-7-9-21(2)17(14)11-15/h5-7,9-12,23H,3-4,8H2,1-2H3,(H,20,24). The quantitative estimate of drug-likeness (QED) is 0.750. The van der Waals surface area contributed by atoms with Gasteiger partial charge in [-0.1, -0.05) is 6.07 Å². The number of pyridine rings is 1. The van der Waals surface area contributed by atoms with E-state index in [1.807, 2.05) is 42.1 Å². The van der Waals surface area contributed by atoms with Gasteiger partial charge in [-0.2, -0.15) is 0 Å². The van der Waals surface area contributed by atoms with Crippen molar-refractivity contribution in [3.05, 3.63) is 58.6 Å². The normalized spacial score (nSPS) is 11.0. The summed E-state index contributed by atoms with van der Waals surface area (Å²) in [5.41, 5.74) is 2.24. The third-order valence-electron chi connectivity index (χ3n) is 4.28. The van der Waals surface area contributed by atoms with Crippen molar-refractivity contribution in [1.82, 2.24) is 9.13 Å². The van der Waals surface area contributed by atoms with Crippen LogP contribution in [0, 0.1) is 6.92 Å². The third kappa shape index (κ3) is 3.74. The van der Waals surface area contributed by atoms with Gasteiger partial charge < -0.3 is 19.6 Å². The average Bonchev–Trinajstić information content (AvgIpc) is 2.91. The minimum absolute atomic E-state index is 0.0347. The van der Waals surface area contributed by atoms with E-state index in [4.69, 9.17) is 0 Å². The summed E-state index contributed by atoms with van der Waals surface area (Å²) in [5, 5.41) is 13.4. The molecule has 0 aliphatic rings. The highest BCUT2D eigenvalue weighted by molar-refractivity contribution is 5.93. The summed E-state index contributed by atoms with van der Waals surface area (Å²) < 4.78 is 3.56. The Morgan fingerprint density at radius 2 is 2.00 bits per heavy atom. The number of anilines is 1. The van der Waals surface area contributed by atoms with Crippen LogP contribution in [0.2, 0.25) is 0 Å². The van der Waals surface area contributed by atoms with Crippen LogP contribution in [-0.4, -0.2) is 20.1 Å². The molecule has 2 N–H and O–H groups in total. The first-order valence-corrected chi connectivity index (χ1v) is 8.19. The highest BCUT2D eigenvalue weighted by Gasteiger charge is 2.07. The molecule has 0 atom stereocenters. The average molecular weight is 339 g/mol. The molecule has 1 amide bonds. The molecule has 0 saturated heterocycles. The molecule has 6 nitrogen and oxygen atoms in total. The fraction of sp³-hybridized carbons (Fsp3) is 0.263. The van der Waals surface area contributed by atoms with E-state index >= 15 is 0 Å². The summed E-state index contributed by atoms with van der Waals surface area (Å²) >= 11 is 0. The van der Waals surface area contributed by atoms with E-state index in [2.05, 4.69) is 5.32 Å². The van der Waals surface area contributed by atoms with Crippen LogP contribution < -0.4 is 10.9 Å². The molecule has 0 saturated carbocycles. The highest BCUT2D eigenvalue weighted by Crippen LogP contribution is 2.20. The first kappa shape index (κ1) is 16.8. The van der Waals surface area contributed by atoms with Gasteiger partial charge in [0.15, 0.2) is 0 Å². The molecule has 2 heterocycles. The first-order valence-electron chi connectivity index (χ1n) is 8.19. The summed E-state index contributed by atoms with van der Waals surface area (Å²) in [7, 11) is 1.96. The SMILES string of the molecule is Cc1cc(O)cc(=O)n1CCCC(=O)Nc1ccc2ccn(C)c2c1. The maximum absolute atomic E-state index is 12.1. The summed E-state index contributed by atoms with van der Waals surface area (Å²) in [5.74, 6) is -0.120. The van der Waals surface area contributed by atoms with Crippen LogP contribution in [-0.2, 0) is 18.4 Å². The molecule has 130 valence electrons. The Balaban J connectivity index is 1.59. The lowest BCUT2D eigenvalue weighted by atomic mass is 10.2. The topological polar surface area (TPSA) is 76.3 Å². The number of rotatable bonds is 5. The molecule has 0 spiro atoms. The zero-order valence-electron chi connectivity index (χ0n) is 14.3. The van der Waals surface area contributed by atoms with Crippen molar-refractivity contribution < 1.29 is 9.90 Å². The Labute approximate surface area is 145 Å². The maximum Gasteiger partial charge on any atom is 0.254 e. The second kappa shape index (κ2) is 6.84. The third-order valence-corrected chi connectivity index (χ3v) is 4.28. The molecular formula is C19H21N3O3. The van der Waals surface area contributed by atoms with Gasteiger partial charge in [-0.05, 0) is 43.0 Å². The maximum atomic E-state index is 12.1. The van der Waals surface area contributed by atoms with Crippen LogP contribution in [0.1, 0.15) is 18.5 Å². The minimum atomic E-state index is -0.257. The lowest BCUT2D eigenvalue weighted by molar-refractivity contribution is -0.116. The van der Waals surface area contributed by atoms with Gasteiger partial charge >= 0.3 is 0 Å². The molecule has 25 heavy (non-hydrogen) atoms. The molecule has 0 fully saturated rings. The van der Waals surface area contributed by atoms with Gasteiger partial charge in [0.05, 0.1) is 0 Å². The Kier molecular flexibility index (Phi) is 4.61. The molecule has 0 aliphatic carbocycles. The molecule has 0 aliphatic heterocycles. The molecule has 6 heteroatoms. The van der Waals surface area contributed by atoms with Gasteiger partial charge in [0.25, 0.3) is 5.56 Å². The lowest BCUT2D eigenvalue weighted by Crippen LogP contribution is -2.22. The Hall–Kier alpha value is -3.02. The number of amides is 1. The summed E-state index contributed by atoms with van der Waals surface area (Å²) in [4.78, 5) is 24.0. The van der Waals surface area contributed by atoms with Crippen molar-refractivity contribution in [3.8, 4) is 5.75 Å². The molecular weight excluding hydrogens is 318 g/mol. The number of aryl methyl sites for hydroxylation is 2. The van der Waals surface area contributed by atoms with E-state index in [1.165, 1.54) is 12.1 Å². The van der Waals surface area contributed by atoms with Gasteiger partial charge in [0.2, 0.25) is 5.91 Å². The van der Waals surface area contributed by atoms with E-state index in [0.29, 0.717) is 25.1 Å². The Morgan fingerprint density at radius 1 is 1.20 bits per heavy atom. The number of benzene rings is 1. The number of carbonyl (C=O) groups excluding carboxylic acids is 1. The smallest absolute Gasteiger partial charge is 0.254 e. The number of hydrogen-bond acceptors (Lipinski definition) is 3.